The van der Waals surface area contributed by atoms with E-state index >= 15 is 0 Å². The van der Waals surface area contributed by atoms with Gasteiger partial charge in [-0.3, -0.25) is 4.79 Å². The molecule has 1 aromatic heterocycles. The lowest BCUT2D eigenvalue weighted by molar-refractivity contribution is -0.128. The second-order valence-corrected chi connectivity index (χ2v) is 7.10. The highest BCUT2D eigenvalue weighted by molar-refractivity contribution is 5.81. The third-order valence-electron chi connectivity index (χ3n) is 5.31. The van der Waals surface area contributed by atoms with Crippen LogP contribution in [0.4, 0.5) is 0 Å². The topological polar surface area (TPSA) is 68.5 Å². The zero-order chi connectivity index (χ0) is 18.0. The van der Waals surface area contributed by atoms with Crippen LogP contribution < -0.4 is 15.7 Å². The van der Waals surface area contributed by atoms with Crippen molar-refractivity contribution in [3.8, 4) is 5.75 Å². The molecule has 0 unspecified atom stereocenters. The van der Waals surface area contributed by atoms with Gasteiger partial charge in [-0.1, -0.05) is 26.7 Å². The molecule has 25 heavy (non-hydrogen) atoms. The molecule has 4 atom stereocenters. The Balaban J connectivity index is 1.66. The van der Waals surface area contributed by atoms with E-state index in [1.807, 2.05) is 6.07 Å². The molecule has 0 saturated heterocycles. The lowest BCUT2D eigenvalue weighted by atomic mass is 9.78. The maximum Gasteiger partial charge on any atom is 0.336 e. The van der Waals surface area contributed by atoms with E-state index < -0.39 is 11.7 Å². The van der Waals surface area contributed by atoms with Gasteiger partial charge in [0.25, 0.3) is 5.91 Å². The monoisotopic (exact) mass is 343 g/mol. The lowest BCUT2D eigenvalue weighted by Crippen LogP contribution is -2.48. The van der Waals surface area contributed by atoms with Crippen LogP contribution in [0.15, 0.2) is 39.5 Å². The van der Waals surface area contributed by atoms with E-state index in [4.69, 9.17) is 9.15 Å². The van der Waals surface area contributed by atoms with Gasteiger partial charge in [-0.15, -0.1) is 0 Å². The van der Waals surface area contributed by atoms with Gasteiger partial charge in [0.05, 0.1) is 0 Å². The number of rotatable bonds is 4. The number of nitrogens with one attached hydrogen (secondary N) is 1. The van der Waals surface area contributed by atoms with Crippen molar-refractivity contribution in [3.05, 3.63) is 40.8 Å². The highest BCUT2D eigenvalue weighted by Gasteiger charge is 2.29. The predicted octanol–water partition coefficient (Wildman–Crippen LogP) is 3.50. The Labute approximate surface area is 147 Å². The molecule has 0 radical (unpaired) electrons. The summed E-state index contributed by atoms with van der Waals surface area (Å²) in [5.74, 6) is 1.49. The highest BCUT2D eigenvalue weighted by Crippen LogP contribution is 2.29. The van der Waals surface area contributed by atoms with Crippen LogP contribution in [0, 0.1) is 11.8 Å². The number of hydrogen-bond donors (Lipinski definition) is 1. The van der Waals surface area contributed by atoms with E-state index in [9.17, 15) is 9.59 Å². The van der Waals surface area contributed by atoms with Gasteiger partial charge in [0.2, 0.25) is 0 Å². The molecule has 0 aliphatic heterocycles. The first-order valence-electron chi connectivity index (χ1n) is 8.95. The molecule has 1 aliphatic rings. The van der Waals surface area contributed by atoms with Gasteiger partial charge >= 0.3 is 5.63 Å². The molecule has 1 amide bonds. The smallest absolute Gasteiger partial charge is 0.336 e. The zero-order valence-corrected chi connectivity index (χ0v) is 15.0. The van der Waals surface area contributed by atoms with Crippen molar-refractivity contribution in [1.29, 1.82) is 0 Å². The van der Waals surface area contributed by atoms with Crippen molar-refractivity contribution in [1.82, 2.24) is 5.32 Å². The molecule has 5 nitrogen and oxygen atoms in total. The summed E-state index contributed by atoms with van der Waals surface area (Å²) in [6, 6.07) is 8.52. The summed E-state index contributed by atoms with van der Waals surface area (Å²) in [4.78, 5) is 23.8. The van der Waals surface area contributed by atoms with Crippen molar-refractivity contribution in [2.45, 2.75) is 52.2 Å². The molecule has 2 aromatic rings. The molecule has 1 saturated carbocycles. The van der Waals surface area contributed by atoms with Crippen molar-refractivity contribution in [2.24, 2.45) is 11.8 Å². The first kappa shape index (κ1) is 17.5. The molecule has 1 fully saturated rings. The van der Waals surface area contributed by atoms with Crippen molar-refractivity contribution in [2.75, 3.05) is 0 Å². The maximum absolute atomic E-state index is 12.5. The van der Waals surface area contributed by atoms with Crippen LogP contribution in [0.5, 0.6) is 5.75 Å². The number of ether oxygens (including phenoxy) is 1. The SMILES string of the molecule is C[C@H]1[C@@H](NC(=O)[C@@H](C)Oc2ccc3ccc(=O)oc3c2)CCC[C@@H]1C. The van der Waals surface area contributed by atoms with E-state index in [1.165, 1.54) is 12.5 Å². The van der Waals surface area contributed by atoms with Gasteiger partial charge in [0, 0.05) is 23.6 Å². The molecule has 0 spiro atoms. The van der Waals surface area contributed by atoms with Crippen molar-refractivity contribution >= 4 is 16.9 Å². The van der Waals surface area contributed by atoms with Crippen molar-refractivity contribution in [3.63, 3.8) is 0 Å². The van der Waals surface area contributed by atoms with Gasteiger partial charge < -0.3 is 14.5 Å². The fraction of sp³-hybridized carbons (Fsp3) is 0.500. The average molecular weight is 343 g/mol. The Morgan fingerprint density at radius 2 is 2.00 bits per heavy atom. The third-order valence-corrected chi connectivity index (χ3v) is 5.31. The molecular formula is C20H25NO4. The van der Waals surface area contributed by atoms with E-state index in [2.05, 4.69) is 19.2 Å². The van der Waals surface area contributed by atoms with Gasteiger partial charge in [-0.2, -0.15) is 0 Å². The molecule has 5 heteroatoms. The summed E-state index contributed by atoms with van der Waals surface area (Å²) in [6.07, 6.45) is 2.78. The molecule has 1 aromatic carbocycles. The van der Waals surface area contributed by atoms with Gasteiger partial charge in [-0.05, 0) is 43.4 Å². The molecular weight excluding hydrogens is 318 g/mol. The van der Waals surface area contributed by atoms with Crippen molar-refractivity contribution < 1.29 is 13.9 Å². The maximum atomic E-state index is 12.5. The largest absolute Gasteiger partial charge is 0.481 e. The Morgan fingerprint density at radius 3 is 2.80 bits per heavy atom. The van der Waals surface area contributed by atoms with Crippen LogP contribution in [0.2, 0.25) is 0 Å². The van der Waals surface area contributed by atoms with Gasteiger partial charge in [0.1, 0.15) is 11.3 Å². The summed E-state index contributed by atoms with van der Waals surface area (Å²) in [5, 5.41) is 3.94. The summed E-state index contributed by atoms with van der Waals surface area (Å²) >= 11 is 0. The van der Waals surface area contributed by atoms with Gasteiger partial charge in [-0.25, -0.2) is 4.79 Å². The number of benzene rings is 1. The van der Waals surface area contributed by atoms with Gasteiger partial charge in [0.15, 0.2) is 6.10 Å². The second-order valence-electron chi connectivity index (χ2n) is 7.10. The first-order valence-corrected chi connectivity index (χ1v) is 8.95. The zero-order valence-electron chi connectivity index (χ0n) is 15.0. The number of carbonyl (C=O) groups excluding carboxylic acids is 1. The summed E-state index contributed by atoms with van der Waals surface area (Å²) in [5.41, 5.74) is 0.0446. The number of carbonyl (C=O) groups is 1. The molecule has 134 valence electrons. The highest BCUT2D eigenvalue weighted by atomic mass is 16.5. The summed E-state index contributed by atoms with van der Waals surface area (Å²) in [6.45, 7) is 6.18. The Hall–Kier alpha value is -2.30. The minimum atomic E-state index is -0.614. The minimum absolute atomic E-state index is 0.111. The van der Waals surface area contributed by atoms with Crippen LogP contribution in [-0.4, -0.2) is 18.1 Å². The molecule has 1 N–H and O–H groups in total. The summed E-state index contributed by atoms with van der Waals surface area (Å²) < 4.78 is 10.9. The van der Waals surface area contributed by atoms with Crippen LogP contribution in [0.3, 0.4) is 0 Å². The molecule has 3 rings (SSSR count). The molecule has 1 aliphatic carbocycles. The Morgan fingerprint density at radius 1 is 1.24 bits per heavy atom. The van der Waals surface area contributed by atoms with Crippen LogP contribution >= 0.6 is 0 Å². The van der Waals surface area contributed by atoms with E-state index in [0.717, 1.165) is 18.2 Å². The lowest BCUT2D eigenvalue weighted by Gasteiger charge is -2.35. The second kappa shape index (κ2) is 7.30. The van der Waals surface area contributed by atoms with Crippen LogP contribution in [0.1, 0.15) is 40.0 Å². The molecule has 1 heterocycles. The van der Waals surface area contributed by atoms with E-state index in [1.54, 1.807) is 25.1 Å². The predicted molar refractivity (Wildman–Crippen MR) is 96.7 cm³/mol. The average Bonchev–Trinajstić information content (AvgIpc) is 2.58. The van der Waals surface area contributed by atoms with E-state index in [0.29, 0.717) is 23.2 Å². The fourth-order valence-corrected chi connectivity index (χ4v) is 3.46. The third kappa shape index (κ3) is 4.03. The number of hydrogen-bond acceptors (Lipinski definition) is 4. The standard InChI is InChI=1S/C20H25NO4/c1-12-5-4-6-17(13(12)2)21-20(23)14(3)24-16-9-7-15-8-10-19(22)25-18(15)11-16/h7-14,17H,4-6H2,1-3H3,(H,21,23)/t12-,13+,14+,17-/m0/s1. The summed E-state index contributed by atoms with van der Waals surface area (Å²) in [7, 11) is 0. The fourth-order valence-electron chi connectivity index (χ4n) is 3.46. The van der Waals surface area contributed by atoms with Crippen LogP contribution in [-0.2, 0) is 4.79 Å². The number of fused-ring (bicyclic) bond motifs is 1. The Bertz CT molecular complexity index is 813. The normalized spacial score (nSPS) is 24.7. The Kier molecular flexibility index (Phi) is 5.11. The first-order chi connectivity index (χ1) is 11.9. The quantitative estimate of drug-likeness (QED) is 0.863. The number of amides is 1. The minimum Gasteiger partial charge on any atom is -0.481 e. The van der Waals surface area contributed by atoms with E-state index in [-0.39, 0.29) is 11.9 Å². The molecule has 0 bridgehead atoms. The van der Waals surface area contributed by atoms with Crippen LogP contribution in [0.25, 0.3) is 11.0 Å².